The third-order valence-corrected chi connectivity index (χ3v) is 31.4. The summed E-state index contributed by atoms with van der Waals surface area (Å²) < 4.78 is 0. The second-order valence-corrected chi connectivity index (χ2v) is 41.8. The van der Waals surface area contributed by atoms with Gasteiger partial charge in [0, 0.05) is 71.7 Å². The molecule has 4 aliphatic rings. The van der Waals surface area contributed by atoms with Gasteiger partial charge in [-0.05, 0) is 219 Å². The van der Waals surface area contributed by atoms with Crippen molar-refractivity contribution in [3.05, 3.63) is 524 Å². The van der Waals surface area contributed by atoms with Gasteiger partial charge in [0.05, 0.1) is 0 Å². The summed E-state index contributed by atoms with van der Waals surface area (Å²) in [7, 11) is 0. The first-order valence-electron chi connectivity index (χ1n) is 51.7. The normalized spacial score (nSPS) is 13.4. The summed E-state index contributed by atoms with van der Waals surface area (Å²) in [6, 6.07) is 170. The van der Waals surface area contributed by atoms with E-state index in [9.17, 15) is 0 Å². The fraction of sp³-hybridized carbons (Fsp3) is 0.0851. The third kappa shape index (κ3) is 16.2. The number of nitrogens with zero attached hydrogens (tertiary/aromatic N) is 9. The molecule has 4 aliphatic carbocycles. The maximum Gasteiger partial charge on any atom is 0.164 e. The Hall–Kier alpha value is -18.6. The molecule has 150 heavy (non-hydrogen) atoms. The summed E-state index contributed by atoms with van der Waals surface area (Å²) in [5, 5.41) is 7.64. The van der Waals surface area contributed by atoms with Crippen LogP contribution in [0.25, 0.3) is 235 Å². The molecular formula is C141H103N9. The average Bonchev–Trinajstić information content (AvgIpc) is 1.56. The van der Waals surface area contributed by atoms with Gasteiger partial charge in [0.25, 0.3) is 0 Å². The topological polar surface area (TPSA) is 116 Å². The highest BCUT2D eigenvalue weighted by Gasteiger charge is 2.41. The van der Waals surface area contributed by atoms with Crippen LogP contribution >= 0.6 is 0 Å². The van der Waals surface area contributed by atoms with Crippen molar-refractivity contribution in [2.45, 2.75) is 77.0 Å². The molecule has 0 radical (unpaired) electrons. The van der Waals surface area contributed by atoms with Crippen LogP contribution in [0.4, 0.5) is 0 Å². The standard InChI is InChI=1S/C49H37N3.2C46H33N3/c1-48(2)41-20-11-9-18-38(41)44-39-28-33(22-21-30(39)24-26-42(44)48)32-15-12-16-34(27-32)46-50-45(31-13-6-5-7-14-31)51-47(52-46)35-23-25-37-36-17-8-10-19-40(36)49(3,4)43(37)29-35;1-46(2)40-25-10-9-22-39(40)42-38-24-13-23-36(37(38)26-27-41(42)46)34-20-11-18-32(28-34)33-19-12-21-35(29-33)45-48-43(30-14-5-3-6-15-30)47-44(49-45)31-16-7-4-8-17-31;1-46(2)40-19-10-9-18-39(40)42-38-26-24-35(28-36(38)25-27-41(42)46)34-16-11-17-37(29-34)45-48-43(32-14-7-4-8-15-32)47-44(49-45)33-22-20-31(21-23-33)30-12-5-3-6-13-30/h5-29H,1-4H3;2*3-29H,1-2H3. The first-order valence-corrected chi connectivity index (χ1v) is 51.7. The van der Waals surface area contributed by atoms with E-state index in [1.807, 2.05) is 115 Å². The Morgan fingerprint density at radius 1 is 0.120 bits per heavy atom. The second-order valence-electron chi connectivity index (χ2n) is 41.8. The lowest BCUT2D eigenvalue weighted by Crippen LogP contribution is -2.15. The van der Waals surface area contributed by atoms with E-state index < -0.39 is 0 Å². The molecular weight excluding hydrogens is 1820 g/mol. The fourth-order valence-corrected chi connectivity index (χ4v) is 23.5. The molecule has 9 heteroatoms. The lowest BCUT2D eigenvalue weighted by Gasteiger charge is -2.21. The molecule has 3 aromatic heterocycles. The molecule has 21 aromatic carbocycles. The van der Waals surface area contributed by atoms with Crippen LogP contribution in [0.2, 0.25) is 0 Å². The molecule has 0 unspecified atom stereocenters. The molecule has 0 bridgehead atoms. The lowest BCUT2D eigenvalue weighted by molar-refractivity contribution is 0.660. The number of benzene rings is 21. The van der Waals surface area contributed by atoms with E-state index in [4.69, 9.17) is 44.9 Å². The van der Waals surface area contributed by atoms with Crippen LogP contribution in [0, 0.1) is 0 Å². The number of hydrogen-bond donors (Lipinski definition) is 0. The second kappa shape index (κ2) is 36.9. The number of fused-ring (bicyclic) bond motifs is 18. The Morgan fingerprint density at radius 2 is 0.367 bits per heavy atom. The summed E-state index contributed by atoms with van der Waals surface area (Å²) >= 11 is 0. The Labute approximate surface area is 874 Å². The van der Waals surface area contributed by atoms with E-state index >= 15 is 0 Å². The zero-order valence-corrected chi connectivity index (χ0v) is 84.6. The first-order chi connectivity index (χ1) is 73.3. The minimum Gasteiger partial charge on any atom is -0.208 e. The Morgan fingerprint density at radius 3 is 0.807 bits per heavy atom. The van der Waals surface area contributed by atoms with Gasteiger partial charge in [-0.15, -0.1) is 0 Å². The van der Waals surface area contributed by atoms with Crippen molar-refractivity contribution in [2.24, 2.45) is 0 Å². The van der Waals surface area contributed by atoms with E-state index in [0.29, 0.717) is 52.4 Å². The zero-order valence-electron chi connectivity index (χ0n) is 84.6. The third-order valence-electron chi connectivity index (χ3n) is 31.4. The van der Waals surface area contributed by atoms with Gasteiger partial charge < -0.3 is 0 Å². The van der Waals surface area contributed by atoms with E-state index in [1.54, 1.807) is 0 Å². The van der Waals surface area contributed by atoms with Gasteiger partial charge in [-0.2, -0.15) is 0 Å². The number of aromatic nitrogens is 9. The van der Waals surface area contributed by atoms with Crippen molar-refractivity contribution in [2.75, 3.05) is 0 Å². The van der Waals surface area contributed by atoms with Crippen molar-refractivity contribution in [3.8, 4) is 203 Å². The number of rotatable bonds is 14. The van der Waals surface area contributed by atoms with Gasteiger partial charge in [0.15, 0.2) is 52.4 Å². The van der Waals surface area contributed by atoms with Crippen LogP contribution in [0.1, 0.15) is 99.9 Å². The molecule has 0 aliphatic heterocycles. The molecule has 0 saturated heterocycles. The first kappa shape index (κ1) is 91.4. The van der Waals surface area contributed by atoms with Gasteiger partial charge in [-0.25, -0.2) is 44.9 Å². The molecule has 0 atom stereocenters. The molecule has 24 aromatic rings. The Bertz CT molecular complexity index is 9430. The Kier molecular flexibility index (Phi) is 22.5. The molecule has 9 nitrogen and oxygen atoms in total. The maximum absolute atomic E-state index is 5.17. The van der Waals surface area contributed by atoms with Gasteiger partial charge in [-0.3, -0.25) is 0 Å². The predicted molar refractivity (Wildman–Crippen MR) is 618 cm³/mol. The van der Waals surface area contributed by atoms with Gasteiger partial charge >= 0.3 is 0 Å². The molecule has 0 amide bonds. The zero-order chi connectivity index (χ0) is 101. The predicted octanol–water partition coefficient (Wildman–Crippen LogP) is 35.6. The fourth-order valence-electron chi connectivity index (χ4n) is 23.5. The van der Waals surface area contributed by atoms with Gasteiger partial charge in [0.2, 0.25) is 0 Å². The largest absolute Gasteiger partial charge is 0.208 e. The van der Waals surface area contributed by atoms with Crippen LogP contribution in [0.15, 0.2) is 479 Å². The summed E-state index contributed by atoms with van der Waals surface area (Å²) in [5.41, 5.74) is 41.7. The highest BCUT2D eigenvalue weighted by molar-refractivity contribution is 6.10. The van der Waals surface area contributed by atoms with Crippen LogP contribution < -0.4 is 0 Å². The van der Waals surface area contributed by atoms with E-state index in [0.717, 1.165) is 83.5 Å². The monoisotopic (exact) mass is 1920 g/mol. The Balaban J connectivity index is 0.000000114. The minimum atomic E-state index is -0.119. The average molecular weight is 1920 g/mol. The van der Waals surface area contributed by atoms with E-state index in [1.165, 1.54) is 144 Å². The highest BCUT2D eigenvalue weighted by atomic mass is 15.1. The summed E-state index contributed by atoms with van der Waals surface area (Å²) in [5.74, 6) is 5.91. The van der Waals surface area contributed by atoms with E-state index in [-0.39, 0.29) is 21.7 Å². The SMILES string of the molecule is CC1(C)c2ccccc2-c2c1ccc1c(-c3cccc(-c4cccc(-c5nc(-c6ccccc6)nc(-c6ccccc6)n5)c4)c3)cccc21.CC1(C)c2ccccc2-c2c1ccc1cc(-c3cccc(-c4nc(-c5ccccc5)nc(-c5ccc(-c6ccccc6)cc5)n4)c3)ccc21.CC1(C)c2ccccc2-c2ccc(-c3nc(-c4ccccc4)nc(-c4cccc(-c5ccc6ccc7c(c6c5)-c5ccccc5C7(C)C)c4)n3)cc21. The molecule has 3 heterocycles. The summed E-state index contributed by atoms with van der Waals surface area (Å²) in [4.78, 5) is 45.1. The van der Waals surface area contributed by atoms with E-state index in [2.05, 4.69) is 419 Å². The van der Waals surface area contributed by atoms with Crippen LogP contribution in [0.5, 0.6) is 0 Å². The van der Waals surface area contributed by atoms with Crippen molar-refractivity contribution in [3.63, 3.8) is 0 Å². The van der Waals surface area contributed by atoms with Crippen molar-refractivity contribution in [1.29, 1.82) is 0 Å². The molecule has 0 spiro atoms. The van der Waals surface area contributed by atoms with Crippen LogP contribution in [0.3, 0.4) is 0 Å². The molecule has 0 fully saturated rings. The van der Waals surface area contributed by atoms with Crippen LogP contribution in [-0.4, -0.2) is 44.9 Å². The lowest BCUT2D eigenvalue weighted by atomic mass is 9.82. The van der Waals surface area contributed by atoms with Crippen molar-refractivity contribution >= 4 is 32.3 Å². The number of hydrogen-bond acceptors (Lipinski definition) is 9. The summed E-state index contributed by atoms with van der Waals surface area (Å²) in [6.07, 6.45) is 0. The van der Waals surface area contributed by atoms with Crippen LogP contribution in [-0.2, 0) is 21.7 Å². The highest BCUT2D eigenvalue weighted by Crippen LogP contribution is 2.57. The molecule has 0 saturated carbocycles. The van der Waals surface area contributed by atoms with Gasteiger partial charge in [-0.1, -0.05) is 492 Å². The van der Waals surface area contributed by atoms with Crippen molar-refractivity contribution in [1.82, 2.24) is 44.9 Å². The molecule has 0 N–H and O–H groups in total. The van der Waals surface area contributed by atoms with Gasteiger partial charge in [0.1, 0.15) is 0 Å². The minimum absolute atomic E-state index is 0.0148. The quantitative estimate of drug-likeness (QED) is 0.105. The van der Waals surface area contributed by atoms with Crippen molar-refractivity contribution < 1.29 is 0 Å². The maximum atomic E-state index is 5.17. The summed E-state index contributed by atoms with van der Waals surface area (Å²) in [6.45, 7) is 18.6. The molecule has 28 rings (SSSR count). The molecule has 712 valence electrons. The smallest absolute Gasteiger partial charge is 0.164 e.